The Labute approximate surface area is 181 Å². The first-order valence-corrected chi connectivity index (χ1v) is 8.76. The zero-order valence-electron chi connectivity index (χ0n) is 15.8. The molecule has 0 saturated heterocycles. The summed E-state index contributed by atoms with van der Waals surface area (Å²) in [5.41, 5.74) is 2.23. The van der Waals surface area contributed by atoms with Crippen LogP contribution in [0, 0.1) is 10.1 Å². The van der Waals surface area contributed by atoms with E-state index in [0.717, 1.165) is 5.56 Å². The van der Waals surface area contributed by atoms with Crippen LogP contribution in [0.25, 0.3) is 10.8 Å². The molecule has 1 unspecified atom stereocenters. The van der Waals surface area contributed by atoms with Crippen molar-refractivity contribution < 1.29 is 4.92 Å². The molecule has 0 aliphatic heterocycles. The quantitative estimate of drug-likeness (QED) is 0.177. The minimum atomic E-state index is -0.399. The van der Waals surface area contributed by atoms with E-state index in [4.69, 9.17) is 0 Å². The summed E-state index contributed by atoms with van der Waals surface area (Å²) >= 11 is 0. The molecule has 1 atom stereocenters. The smallest absolute Gasteiger partial charge is 0.269 e. The number of fused-ring (bicyclic) bond motifs is 1. The molecule has 3 aromatic carbocycles. The molecule has 3 rings (SSSR count). The van der Waals surface area contributed by atoms with Gasteiger partial charge in [0.25, 0.3) is 5.69 Å². The first-order valence-electron chi connectivity index (χ1n) is 8.76. The average molecular weight is 490 g/mol. The third kappa shape index (κ3) is 5.19. The summed E-state index contributed by atoms with van der Waals surface area (Å²) < 4.78 is 0. The van der Waals surface area contributed by atoms with Gasteiger partial charge in [0.05, 0.1) is 11.0 Å². The number of aliphatic imine (C=N–C) groups is 1. The van der Waals surface area contributed by atoms with E-state index in [1.165, 1.54) is 28.5 Å². The van der Waals surface area contributed by atoms with Crippen LogP contribution in [0.15, 0.2) is 71.7 Å². The molecule has 3 aromatic rings. The minimum Gasteiger partial charge on any atom is -0.352 e. The summed E-state index contributed by atoms with van der Waals surface area (Å²) in [5, 5.41) is 19.8. The van der Waals surface area contributed by atoms with Gasteiger partial charge in [0.15, 0.2) is 5.96 Å². The second-order valence-corrected chi connectivity index (χ2v) is 6.28. The van der Waals surface area contributed by atoms with E-state index in [1.807, 2.05) is 12.1 Å². The maximum Gasteiger partial charge on any atom is 0.269 e. The number of non-ortho nitro benzene ring substituents is 1. The van der Waals surface area contributed by atoms with Crippen LogP contribution in [0.4, 0.5) is 5.69 Å². The fourth-order valence-corrected chi connectivity index (χ4v) is 3.03. The van der Waals surface area contributed by atoms with Crippen molar-refractivity contribution in [3.63, 3.8) is 0 Å². The summed E-state index contributed by atoms with van der Waals surface area (Å²) in [6.07, 6.45) is 0. The van der Waals surface area contributed by atoms with Crippen LogP contribution >= 0.6 is 24.0 Å². The maximum atomic E-state index is 10.7. The fraction of sp³-hybridized carbons (Fsp3) is 0.190. The molecule has 0 aliphatic rings. The number of nitro groups is 1. The highest BCUT2D eigenvalue weighted by molar-refractivity contribution is 14.0. The number of halogens is 1. The van der Waals surface area contributed by atoms with E-state index in [-0.39, 0.29) is 35.7 Å². The van der Waals surface area contributed by atoms with Crippen molar-refractivity contribution in [1.29, 1.82) is 0 Å². The molecular formula is C21H23IN4O2. The summed E-state index contributed by atoms with van der Waals surface area (Å²) in [6.45, 7) is 2.63. The first kappa shape index (κ1) is 21.6. The molecular weight excluding hydrogens is 467 g/mol. The van der Waals surface area contributed by atoms with Crippen LogP contribution < -0.4 is 10.6 Å². The molecule has 0 saturated carbocycles. The molecule has 6 nitrogen and oxygen atoms in total. The van der Waals surface area contributed by atoms with Crippen molar-refractivity contribution in [3.8, 4) is 0 Å². The average Bonchev–Trinajstić information content (AvgIpc) is 2.70. The van der Waals surface area contributed by atoms with E-state index in [9.17, 15) is 10.1 Å². The highest BCUT2D eigenvalue weighted by atomic mass is 127. The predicted octanol–water partition coefficient (Wildman–Crippen LogP) is 4.79. The van der Waals surface area contributed by atoms with Crippen LogP contribution in [0.2, 0.25) is 0 Å². The number of hydrogen-bond donors (Lipinski definition) is 2. The molecule has 0 aliphatic carbocycles. The Morgan fingerprint density at radius 1 is 1.07 bits per heavy atom. The van der Waals surface area contributed by atoms with Gasteiger partial charge in [-0.3, -0.25) is 15.1 Å². The second-order valence-electron chi connectivity index (χ2n) is 6.28. The Bertz CT molecular complexity index is 968. The van der Waals surface area contributed by atoms with Crippen molar-refractivity contribution >= 4 is 46.4 Å². The number of guanidine groups is 1. The fourth-order valence-electron chi connectivity index (χ4n) is 3.03. The summed E-state index contributed by atoms with van der Waals surface area (Å²) in [4.78, 5) is 14.6. The molecule has 146 valence electrons. The Hall–Kier alpha value is -2.68. The van der Waals surface area contributed by atoms with E-state index < -0.39 is 4.92 Å². The van der Waals surface area contributed by atoms with Crippen molar-refractivity contribution in [1.82, 2.24) is 10.6 Å². The molecule has 2 N–H and O–H groups in total. The molecule has 0 spiro atoms. The lowest BCUT2D eigenvalue weighted by Crippen LogP contribution is -2.38. The Balaban J connectivity index is 0.00000280. The molecule has 0 bridgehead atoms. The van der Waals surface area contributed by atoms with E-state index >= 15 is 0 Å². The Kier molecular flexibility index (Phi) is 7.74. The highest BCUT2D eigenvalue weighted by Crippen LogP contribution is 2.24. The second kappa shape index (κ2) is 10.0. The molecule has 0 amide bonds. The van der Waals surface area contributed by atoms with Gasteiger partial charge < -0.3 is 10.6 Å². The lowest BCUT2D eigenvalue weighted by molar-refractivity contribution is -0.384. The van der Waals surface area contributed by atoms with Crippen LogP contribution in [0.5, 0.6) is 0 Å². The third-order valence-electron chi connectivity index (χ3n) is 4.47. The van der Waals surface area contributed by atoms with Crippen molar-refractivity contribution in [2.24, 2.45) is 4.99 Å². The molecule has 0 fully saturated rings. The largest absolute Gasteiger partial charge is 0.352 e. The molecule has 0 radical (unpaired) electrons. The predicted molar refractivity (Wildman–Crippen MR) is 124 cm³/mol. The number of nitro benzene ring substituents is 1. The number of rotatable bonds is 5. The van der Waals surface area contributed by atoms with Crippen LogP contribution in [0.1, 0.15) is 24.1 Å². The number of hydrogen-bond acceptors (Lipinski definition) is 3. The third-order valence-corrected chi connectivity index (χ3v) is 4.47. The van der Waals surface area contributed by atoms with Crippen LogP contribution in [-0.2, 0) is 6.54 Å². The molecule has 0 heterocycles. The van der Waals surface area contributed by atoms with Gasteiger partial charge in [-0.05, 0) is 28.8 Å². The first-order chi connectivity index (χ1) is 13.1. The number of nitrogens with one attached hydrogen (secondary N) is 2. The topological polar surface area (TPSA) is 79.6 Å². The monoisotopic (exact) mass is 490 g/mol. The Morgan fingerprint density at radius 2 is 1.75 bits per heavy atom. The van der Waals surface area contributed by atoms with Gasteiger partial charge in [-0.1, -0.05) is 54.6 Å². The SMILES string of the molecule is CN=C(NCc1ccc([N+](=O)[O-])cc1)NC(C)c1cccc2ccccc12.I. The number of nitrogens with zero attached hydrogens (tertiary/aromatic N) is 2. The molecule has 7 heteroatoms. The van der Waals surface area contributed by atoms with Gasteiger partial charge in [0, 0.05) is 25.7 Å². The van der Waals surface area contributed by atoms with Gasteiger partial charge in [0.1, 0.15) is 0 Å². The molecule has 28 heavy (non-hydrogen) atoms. The van der Waals surface area contributed by atoms with E-state index in [1.54, 1.807) is 19.2 Å². The van der Waals surface area contributed by atoms with Gasteiger partial charge in [0.2, 0.25) is 0 Å². The van der Waals surface area contributed by atoms with Crippen molar-refractivity contribution in [3.05, 3.63) is 88.0 Å². The van der Waals surface area contributed by atoms with Crippen LogP contribution in [-0.4, -0.2) is 17.9 Å². The zero-order valence-corrected chi connectivity index (χ0v) is 18.1. The van der Waals surface area contributed by atoms with Crippen LogP contribution in [0.3, 0.4) is 0 Å². The molecule has 0 aromatic heterocycles. The minimum absolute atomic E-state index is 0. The zero-order chi connectivity index (χ0) is 19.2. The lowest BCUT2D eigenvalue weighted by atomic mass is 10.00. The maximum absolute atomic E-state index is 10.7. The van der Waals surface area contributed by atoms with Crippen molar-refractivity contribution in [2.45, 2.75) is 19.5 Å². The van der Waals surface area contributed by atoms with E-state index in [0.29, 0.717) is 12.5 Å². The summed E-state index contributed by atoms with van der Waals surface area (Å²) in [7, 11) is 1.72. The number of benzene rings is 3. The van der Waals surface area contributed by atoms with Gasteiger partial charge in [-0.2, -0.15) is 0 Å². The highest BCUT2D eigenvalue weighted by Gasteiger charge is 2.11. The van der Waals surface area contributed by atoms with Crippen molar-refractivity contribution in [2.75, 3.05) is 7.05 Å². The van der Waals surface area contributed by atoms with Gasteiger partial charge in [-0.15, -0.1) is 24.0 Å². The Morgan fingerprint density at radius 3 is 2.43 bits per heavy atom. The normalized spacial score (nSPS) is 12.1. The summed E-state index contributed by atoms with van der Waals surface area (Å²) in [5.74, 6) is 0.675. The summed E-state index contributed by atoms with van der Waals surface area (Å²) in [6, 6.07) is 21.1. The standard InChI is InChI=1S/C21H22N4O2.HI/c1-15(19-9-5-7-17-6-3-4-8-20(17)19)24-21(22-2)23-14-16-10-12-18(13-11-16)25(26)27;/h3-13,15H,14H2,1-2H3,(H2,22,23,24);1H. The lowest BCUT2D eigenvalue weighted by Gasteiger charge is -2.20. The van der Waals surface area contributed by atoms with E-state index in [2.05, 4.69) is 52.9 Å². The van der Waals surface area contributed by atoms with Gasteiger partial charge >= 0.3 is 0 Å². The van der Waals surface area contributed by atoms with Gasteiger partial charge in [-0.25, -0.2) is 0 Å².